The first kappa shape index (κ1) is 25.3. The molecule has 0 unspecified atom stereocenters. The molecule has 0 spiro atoms. The predicted octanol–water partition coefficient (Wildman–Crippen LogP) is 10.5. The molecule has 0 N–H and O–H groups in total. The van der Waals surface area contributed by atoms with Crippen molar-refractivity contribution < 1.29 is 4.74 Å². The zero-order valence-electron chi connectivity index (χ0n) is 13.0. The third kappa shape index (κ3) is 6.63. The molecule has 2 rings (SSSR count). The zero-order valence-corrected chi connectivity index (χ0v) is 25.7. The first-order valence-electron chi connectivity index (χ1n) is 6.91. The van der Waals surface area contributed by atoms with Crippen LogP contribution < -0.4 is 0 Å². The molecule has 0 heterocycles. The van der Waals surface area contributed by atoms with Crippen LogP contribution in [0.2, 0.25) is 0 Å². The fourth-order valence-corrected chi connectivity index (χ4v) is 6.19. The highest BCUT2D eigenvalue weighted by atomic mass is 79.9. The molecule has 2 aromatic carbocycles. The van der Waals surface area contributed by atoms with E-state index in [2.05, 4.69) is 140 Å². The Hall–Kier alpha value is 2.24. The van der Waals surface area contributed by atoms with E-state index in [4.69, 9.17) is 4.74 Å². The van der Waals surface area contributed by atoms with Crippen LogP contribution in [0.15, 0.2) is 47.9 Å². The van der Waals surface area contributed by atoms with Crippen LogP contribution in [0, 0.1) is 0 Å². The van der Waals surface area contributed by atoms with Crippen LogP contribution in [0.3, 0.4) is 0 Å². The summed E-state index contributed by atoms with van der Waals surface area (Å²) in [7, 11) is 0. The number of hydrogen-bond acceptors (Lipinski definition) is 1. The lowest BCUT2D eigenvalue weighted by atomic mass is 10.1. The van der Waals surface area contributed by atoms with Gasteiger partial charge in [-0.1, -0.05) is 0 Å². The van der Waals surface area contributed by atoms with Crippen molar-refractivity contribution in [2.24, 2.45) is 0 Å². The average molecular weight is 860 g/mol. The van der Waals surface area contributed by atoms with Crippen molar-refractivity contribution in [2.45, 2.75) is 13.8 Å². The molecule has 138 valence electrons. The summed E-state index contributed by atoms with van der Waals surface area (Å²) in [6.45, 7) is 5.67. The summed E-state index contributed by atoms with van der Waals surface area (Å²) < 4.78 is 12.6. The summed E-state index contributed by atoms with van der Waals surface area (Å²) in [5.74, 6) is 0. The first-order chi connectivity index (χ1) is 11.7. The molecule has 1 nitrogen and oxygen atoms in total. The van der Waals surface area contributed by atoms with Crippen LogP contribution in [-0.4, -0.2) is 13.2 Å². The SMILES string of the molecule is Brc1cc(-c2cc(Br)c(Br)c(Br)c2Br)c(Br)c(Br)c1Br.CCOCC. The van der Waals surface area contributed by atoms with Crippen molar-refractivity contribution in [3.63, 3.8) is 0 Å². The van der Waals surface area contributed by atoms with Crippen molar-refractivity contribution in [3.8, 4) is 11.1 Å². The summed E-state index contributed by atoms with van der Waals surface area (Å²) in [6, 6.07) is 4.12. The Labute approximate surface area is 215 Å². The Balaban J connectivity index is 0.000000550. The van der Waals surface area contributed by atoms with Gasteiger partial charge in [0.05, 0.1) is 0 Å². The van der Waals surface area contributed by atoms with Crippen LogP contribution in [0.4, 0.5) is 0 Å². The molecule has 0 fully saturated rings. The summed E-state index contributed by atoms with van der Waals surface area (Å²) >= 11 is 28.6. The Morgan fingerprint density at radius 1 is 0.560 bits per heavy atom. The van der Waals surface area contributed by atoms with E-state index in [1.807, 2.05) is 13.8 Å². The standard InChI is InChI=1S/C12H2Br8.C4H10O/c13-5-1-3(7(15)11(19)9(5)17)4-2-6(14)10(18)12(20)8(4)16;1-3-5-4-2/h1-2H;3-4H2,1-2H3. The summed E-state index contributed by atoms with van der Waals surface area (Å²) in [6.07, 6.45) is 0. The molecule has 0 aliphatic heterocycles. The molecule has 0 saturated carbocycles. The number of halogens is 8. The number of hydrogen-bond donors (Lipinski definition) is 0. The molecular formula is C16H12Br8O. The third-order valence-electron chi connectivity index (χ3n) is 2.90. The molecule has 0 aliphatic rings. The van der Waals surface area contributed by atoms with Gasteiger partial charge in [-0.3, -0.25) is 0 Å². The van der Waals surface area contributed by atoms with E-state index < -0.39 is 0 Å². The average Bonchev–Trinajstić information content (AvgIpc) is 2.59. The lowest BCUT2D eigenvalue weighted by Crippen LogP contribution is -1.88. The Kier molecular flexibility index (Phi) is 12.2. The van der Waals surface area contributed by atoms with E-state index in [9.17, 15) is 0 Å². The molecule has 0 amide bonds. The van der Waals surface area contributed by atoms with Crippen LogP contribution >= 0.6 is 127 Å². The maximum absolute atomic E-state index is 4.83. The van der Waals surface area contributed by atoms with Gasteiger partial charge in [0.2, 0.25) is 0 Å². The number of rotatable bonds is 3. The minimum absolute atomic E-state index is 0.844. The summed E-state index contributed by atoms with van der Waals surface area (Å²) in [5.41, 5.74) is 2.13. The Morgan fingerprint density at radius 3 is 1.12 bits per heavy atom. The van der Waals surface area contributed by atoms with Crippen LogP contribution in [-0.2, 0) is 4.74 Å². The summed E-state index contributed by atoms with van der Waals surface area (Å²) in [5, 5.41) is 0. The molecular weight excluding hydrogens is 847 g/mol. The zero-order chi connectivity index (χ0) is 19.3. The Bertz CT molecular complexity index is 697. The molecule has 0 bridgehead atoms. The van der Waals surface area contributed by atoms with E-state index >= 15 is 0 Å². The van der Waals surface area contributed by atoms with Crippen molar-refractivity contribution in [1.29, 1.82) is 0 Å². The van der Waals surface area contributed by atoms with Gasteiger partial charge < -0.3 is 4.74 Å². The van der Waals surface area contributed by atoms with Crippen molar-refractivity contribution in [1.82, 2.24) is 0 Å². The van der Waals surface area contributed by atoms with Crippen molar-refractivity contribution >= 4 is 127 Å². The Morgan fingerprint density at radius 2 is 0.880 bits per heavy atom. The van der Waals surface area contributed by atoms with Gasteiger partial charge in [-0.2, -0.15) is 0 Å². The van der Waals surface area contributed by atoms with Crippen molar-refractivity contribution in [3.05, 3.63) is 47.9 Å². The van der Waals surface area contributed by atoms with Gasteiger partial charge in [-0.25, -0.2) is 0 Å². The van der Waals surface area contributed by atoms with Gasteiger partial charge in [-0.05, 0) is 165 Å². The topological polar surface area (TPSA) is 9.23 Å². The molecule has 9 heteroatoms. The highest BCUT2D eigenvalue weighted by molar-refractivity contribution is 9.15. The second-order valence-corrected chi connectivity index (χ2v) is 10.9. The maximum atomic E-state index is 4.83. The van der Waals surface area contributed by atoms with Gasteiger partial charge in [0, 0.05) is 49.0 Å². The first-order valence-corrected chi connectivity index (χ1v) is 13.3. The van der Waals surface area contributed by atoms with E-state index in [1.54, 1.807) is 0 Å². The van der Waals surface area contributed by atoms with E-state index in [-0.39, 0.29) is 0 Å². The van der Waals surface area contributed by atoms with Gasteiger partial charge in [-0.15, -0.1) is 0 Å². The molecule has 25 heavy (non-hydrogen) atoms. The van der Waals surface area contributed by atoms with Crippen LogP contribution in [0.5, 0.6) is 0 Å². The maximum Gasteiger partial charge on any atom is 0.0477 e. The highest BCUT2D eigenvalue weighted by Crippen LogP contribution is 2.48. The van der Waals surface area contributed by atoms with Gasteiger partial charge >= 0.3 is 0 Å². The molecule has 2 aromatic rings. The van der Waals surface area contributed by atoms with Gasteiger partial charge in [0.1, 0.15) is 0 Å². The third-order valence-corrected chi connectivity index (χ3v) is 12.2. The molecule has 0 aliphatic carbocycles. The predicted molar refractivity (Wildman–Crippen MR) is 136 cm³/mol. The molecule has 0 saturated heterocycles. The second kappa shape index (κ2) is 12.1. The van der Waals surface area contributed by atoms with Gasteiger partial charge in [0.15, 0.2) is 0 Å². The minimum atomic E-state index is 0.844. The number of benzene rings is 2. The number of ether oxygens (including phenoxy) is 1. The normalized spacial score (nSPS) is 10.5. The second-order valence-electron chi connectivity index (χ2n) is 4.48. The molecule has 0 radical (unpaired) electrons. The van der Waals surface area contributed by atoms with E-state index in [0.717, 1.165) is 60.1 Å². The van der Waals surface area contributed by atoms with Crippen LogP contribution in [0.25, 0.3) is 11.1 Å². The lowest BCUT2D eigenvalue weighted by molar-refractivity contribution is 0.162. The summed E-state index contributed by atoms with van der Waals surface area (Å²) in [4.78, 5) is 0. The fraction of sp³-hybridized carbons (Fsp3) is 0.250. The van der Waals surface area contributed by atoms with E-state index in [1.165, 1.54) is 0 Å². The molecule has 0 aromatic heterocycles. The minimum Gasteiger partial charge on any atom is -0.382 e. The van der Waals surface area contributed by atoms with Crippen LogP contribution in [0.1, 0.15) is 13.8 Å². The monoisotopic (exact) mass is 851 g/mol. The lowest BCUT2D eigenvalue weighted by Gasteiger charge is -2.14. The fourth-order valence-electron chi connectivity index (χ4n) is 1.74. The highest BCUT2D eigenvalue weighted by Gasteiger charge is 2.18. The van der Waals surface area contributed by atoms with Gasteiger partial charge in [0.25, 0.3) is 0 Å². The molecule has 0 atom stereocenters. The smallest absolute Gasteiger partial charge is 0.0477 e. The van der Waals surface area contributed by atoms with Crippen molar-refractivity contribution in [2.75, 3.05) is 13.2 Å². The largest absolute Gasteiger partial charge is 0.382 e. The van der Waals surface area contributed by atoms with E-state index in [0.29, 0.717) is 0 Å². The quantitative estimate of drug-likeness (QED) is 0.221.